The molecule has 0 N–H and O–H groups in total. The van der Waals surface area contributed by atoms with Crippen LogP contribution in [-0.2, 0) is 14.3 Å². The van der Waals surface area contributed by atoms with Crippen molar-refractivity contribution in [3.8, 4) is 0 Å². The van der Waals surface area contributed by atoms with Crippen molar-refractivity contribution in [3.63, 3.8) is 0 Å². The fraction of sp³-hybridized carbons (Fsp3) is 0.750. The first-order chi connectivity index (χ1) is 6.81. The van der Waals surface area contributed by atoms with Crippen molar-refractivity contribution in [2.45, 2.75) is 38.1 Å². The maximum Gasteiger partial charge on any atom is 0.534 e. The maximum atomic E-state index is 11.7. The second kappa shape index (κ2) is 5.99. The molecule has 0 atom stereocenters. The molecule has 0 bridgehead atoms. The number of allylic oxidation sites excluding steroid dienone is 1. The lowest BCUT2D eigenvalue weighted by Crippen LogP contribution is -2.23. The third-order valence-corrected chi connectivity index (χ3v) is 2.47. The molecular formula is C8H13F3O3S. The van der Waals surface area contributed by atoms with E-state index in [2.05, 4.69) is 4.18 Å². The van der Waals surface area contributed by atoms with Gasteiger partial charge in [-0.15, -0.1) is 0 Å². The Morgan fingerprint density at radius 2 is 1.87 bits per heavy atom. The van der Waals surface area contributed by atoms with Crippen LogP contribution in [0.4, 0.5) is 13.2 Å². The Kier molecular flexibility index (Phi) is 5.71. The van der Waals surface area contributed by atoms with Crippen LogP contribution < -0.4 is 0 Å². The summed E-state index contributed by atoms with van der Waals surface area (Å²) >= 11 is 0. The Morgan fingerprint density at radius 3 is 2.33 bits per heavy atom. The highest BCUT2D eigenvalue weighted by molar-refractivity contribution is 7.87. The lowest BCUT2D eigenvalue weighted by molar-refractivity contribution is -0.0515. The van der Waals surface area contributed by atoms with Gasteiger partial charge in [0.05, 0.1) is 0 Å². The van der Waals surface area contributed by atoms with Gasteiger partial charge < -0.3 is 4.18 Å². The van der Waals surface area contributed by atoms with Gasteiger partial charge in [-0.2, -0.15) is 21.6 Å². The summed E-state index contributed by atoms with van der Waals surface area (Å²) in [5.74, 6) is 0. The first-order valence-corrected chi connectivity index (χ1v) is 5.86. The SMILES string of the molecule is CCCCC/C=C/OS(=O)(=O)C(F)(F)F. The van der Waals surface area contributed by atoms with E-state index in [1.165, 1.54) is 6.08 Å². The molecule has 0 aromatic heterocycles. The molecule has 0 aliphatic heterocycles. The van der Waals surface area contributed by atoms with E-state index in [1.807, 2.05) is 6.92 Å². The highest BCUT2D eigenvalue weighted by atomic mass is 32.2. The van der Waals surface area contributed by atoms with E-state index in [1.54, 1.807) is 0 Å². The first-order valence-electron chi connectivity index (χ1n) is 4.46. The van der Waals surface area contributed by atoms with Crippen LogP contribution in [0.15, 0.2) is 12.3 Å². The molecule has 0 aromatic carbocycles. The summed E-state index contributed by atoms with van der Waals surface area (Å²) in [5.41, 5.74) is -5.36. The Labute approximate surface area is 87.0 Å². The van der Waals surface area contributed by atoms with E-state index in [4.69, 9.17) is 0 Å². The van der Waals surface area contributed by atoms with E-state index in [0.717, 1.165) is 19.3 Å². The van der Waals surface area contributed by atoms with Crippen LogP contribution in [0.3, 0.4) is 0 Å². The Balaban J connectivity index is 3.95. The molecule has 90 valence electrons. The van der Waals surface area contributed by atoms with Gasteiger partial charge in [-0.25, -0.2) is 0 Å². The number of unbranched alkanes of at least 4 members (excludes halogenated alkanes) is 3. The van der Waals surface area contributed by atoms with Crippen LogP contribution in [0.5, 0.6) is 0 Å². The van der Waals surface area contributed by atoms with Crippen molar-refractivity contribution in [2.75, 3.05) is 0 Å². The molecule has 0 unspecified atom stereocenters. The minimum Gasteiger partial charge on any atom is -0.384 e. The second-order valence-corrected chi connectivity index (χ2v) is 4.43. The molecule has 0 saturated heterocycles. The minimum atomic E-state index is -5.48. The Hall–Kier alpha value is -0.720. The number of rotatable bonds is 6. The zero-order valence-corrected chi connectivity index (χ0v) is 9.07. The molecule has 3 nitrogen and oxygen atoms in total. The van der Waals surface area contributed by atoms with Crippen molar-refractivity contribution in [1.29, 1.82) is 0 Å². The standard InChI is InChI=1S/C8H13F3O3S/c1-2-3-4-5-6-7-14-15(12,13)8(9,10)11/h6-7H,2-5H2,1H3/b7-6+. The predicted octanol–water partition coefficient (Wildman–Crippen LogP) is 2.95. The normalized spacial score (nSPS) is 13.3. The summed E-state index contributed by atoms with van der Waals surface area (Å²) in [6, 6.07) is 0. The highest BCUT2D eigenvalue weighted by Crippen LogP contribution is 2.24. The molecule has 7 heteroatoms. The number of halogens is 3. The van der Waals surface area contributed by atoms with E-state index >= 15 is 0 Å². The summed E-state index contributed by atoms with van der Waals surface area (Å²) in [7, 11) is -5.48. The molecule has 0 heterocycles. The van der Waals surface area contributed by atoms with Crippen LogP contribution in [-0.4, -0.2) is 13.9 Å². The maximum absolute atomic E-state index is 11.7. The molecule has 0 fully saturated rings. The van der Waals surface area contributed by atoms with Gasteiger partial charge in [-0.05, 0) is 18.9 Å². The van der Waals surface area contributed by atoms with Crippen LogP contribution >= 0.6 is 0 Å². The summed E-state index contributed by atoms with van der Waals surface area (Å²) in [6.07, 6.45) is 5.05. The predicted molar refractivity (Wildman–Crippen MR) is 49.3 cm³/mol. The summed E-state index contributed by atoms with van der Waals surface area (Å²) in [6.45, 7) is 1.98. The molecule has 0 spiro atoms. The van der Waals surface area contributed by atoms with Gasteiger partial charge in [0.25, 0.3) is 0 Å². The summed E-state index contributed by atoms with van der Waals surface area (Å²) < 4.78 is 59.5. The minimum absolute atomic E-state index is 0.501. The van der Waals surface area contributed by atoms with E-state index in [0.29, 0.717) is 12.7 Å². The molecule has 0 saturated carbocycles. The van der Waals surface area contributed by atoms with Gasteiger partial charge in [0, 0.05) is 0 Å². The van der Waals surface area contributed by atoms with Crippen LogP contribution in [0, 0.1) is 0 Å². The van der Waals surface area contributed by atoms with Crippen molar-refractivity contribution < 1.29 is 25.8 Å². The zero-order valence-electron chi connectivity index (χ0n) is 8.25. The summed E-state index contributed by atoms with van der Waals surface area (Å²) in [5, 5.41) is 0. The number of hydrogen-bond donors (Lipinski definition) is 0. The van der Waals surface area contributed by atoms with Gasteiger partial charge in [0.1, 0.15) is 6.26 Å². The molecule has 0 aliphatic rings. The Morgan fingerprint density at radius 1 is 1.27 bits per heavy atom. The lowest BCUT2D eigenvalue weighted by atomic mass is 10.2. The fourth-order valence-corrected chi connectivity index (χ4v) is 1.08. The van der Waals surface area contributed by atoms with Gasteiger partial charge in [0.15, 0.2) is 0 Å². The third-order valence-electron chi connectivity index (χ3n) is 1.54. The largest absolute Gasteiger partial charge is 0.534 e. The quantitative estimate of drug-likeness (QED) is 0.313. The van der Waals surface area contributed by atoms with Crippen LogP contribution in [0.1, 0.15) is 32.6 Å². The summed E-state index contributed by atoms with van der Waals surface area (Å²) in [4.78, 5) is 0. The van der Waals surface area contributed by atoms with Crippen LogP contribution in [0.2, 0.25) is 0 Å². The van der Waals surface area contributed by atoms with Crippen LogP contribution in [0.25, 0.3) is 0 Å². The third kappa shape index (κ3) is 5.66. The average molecular weight is 246 g/mol. The zero-order chi connectivity index (χ0) is 11.9. The Bertz CT molecular complexity index is 293. The van der Waals surface area contributed by atoms with E-state index in [9.17, 15) is 21.6 Å². The lowest BCUT2D eigenvalue weighted by Gasteiger charge is -2.05. The molecule has 0 aliphatic carbocycles. The fourth-order valence-electron chi connectivity index (χ4n) is 0.747. The molecule has 0 amide bonds. The molecule has 0 rings (SSSR count). The van der Waals surface area contributed by atoms with Gasteiger partial charge in [0.2, 0.25) is 0 Å². The first kappa shape index (κ1) is 14.3. The topological polar surface area (TPSA) is 43.4 Å². The number of hydrogen-bond acceptors (Lipinski definition) is 3. The van der Waals surface area contributed by atoms with Crippen molar-refractivity contribution in [1.82, 2.24) is 0 Å². The second-order valence-electron chi connectivity index (χ2n) is 2.86. The monoisotopic (exact) mass is 246 g/mol. The van der Waals surface area contributed by atoms with Gasteiger partial charge >= 0.3 is 15.6 Å². The number of alkyl halides is 3. The average Bonchev–Trinajstić information content (AvgIpc) is 2.09. The van der Waals surface area contributed by atoms with Crippen molar-refractivity contribution in [2.24, 2.45) is 0 Å². The molecule has 0 aromatic rings. The van der Waals surface area contributed by atoms with Crippen molar-refractivity contribution in [3.05, 3.63) is 12.3 Å². The van der Waals surface area contributed by atoms with Crippen molar-refractivity contribution >= 4 is 10.1 Å². The molecular weight excluding hydrogens is 233 g/mol. The van der Waals surface area contributed by atoms with Gasteiger partial charge in [-0.1, -0.05) is 19.8 Å². The molecule has 15 heavy (non-hydrogen) atoms. The smallest absolute Gasteiger partial charge is 0.384 e. The van der Waals surface area contributed by atoms with E-state index < -0.39 is 15.6 Å². The van der Waals surface area contributed by atoms with Gasteiger partial charge in [-0.3, -0.25) is 0 Å². The highest BCUT2D eigenvalue weighted by Gasteiger charge is 2.47. The van der Waals surface area contributed by atoms with E-state index in [-0.39, 0.29) is 0 Å². The molecule has 0 radical (unpaired) electrons.